The van der Waals surface area contributed by atoms with Gasteiger partial charge in [0.15, 0.2) is 29.6 Å². The van der Waals surface area contributed by atoms with Crippen LogP contribution in [0.2, 0.25) is 0 Å². The minimum Gasteiger partial charge on any atom is -0.338 e. The van der Waals surface area contributed by atoms with Gasteiger partial charge in [-0.05, 0) is 12.3 Å². The van der Waals surface area contributed by atoms with Crippen LogP contribution in [0.4, 0.5) is 17.6 Å². The van der Waals surface area contributed by atoms with Gasteiger partial charge < -0.3 is 4.90 Å². The summed E-state index contributed by atoms with van der Waals surface area (Å²) in [6, 6.07) is 0. The van der Waals surface area contributed by atoms with Crippen molar-refractivity contribution in [3.63, 3.8) is 0 Å². The van der Waals surface area contributed by atoms with Gasteiger partial charge in [-0.15, -0.1) is 0 Å². The lowest BCUT2D eigenvalue weighted by Crippen LogP contribution is -2.31. The third-order valence-electron chi connectivity index (χ3n) is 3.34. The number of likely N-dealkylation sites (tertiary alicyclic amines) is 1. The second-order valence-corrected chi connectivity index (χ2v) is 4.81. The van der Waals surface area contributed by atoms with Crippen LogP contribution in [-0.2, 0) is 0 Å². The summed E-state index contributed by atoms with van der Waals surface area (Å²) in [5, 5.41) is 0. The van der Waals surface area contributed by atoms with Crippen molar-refractivity contribution in [2.24, 2.45) is 5.92 Å². The summed E-state index contributed by atoms with van der Waals surface area (Å²) in [7, 11) is 0. The molecule has 0 aliphatic carbocycles. The Balaban J connectivity index is 2.52. The number of carbonyl (C=O) groups excluding carboxylic acids is 2. The summed E-state index contributed by atoms with van der Waals surface area (Å²) in [5.41, 5.74) is -2.65. The van der Waals surface area contributed by atoms with Gasteiger partial charge in [-0.25, -0.2) is 17.6 Å². The van der Waals surface area contributed by atoms with Gasteiger partial charge in [0, 0.05) is 13.1 Å². The van der Waals surface area contributed by atoms with E-state index >= 15 is 0 Å². The molecule has 1 fully saturated rings. The fraction of sp³-hybridized carbons (Fsp3) is 0.385. The van der Waals surface area contributed by atoms with E-state index in [1.165, 1.54) is 0 Å². The maximum absolute atomic E-state index is 13.7. The molecule has 1 aromatic rings. The SMILES string of the molecule is CC1CCN(C(=O)c2c(F)c(F)c(C=O)c(F)c2F)C1. The molecule has 1 amide bonds. The smallest absolute Gasteiger partial charge is 0.260 e. The average molecular weight is 289 g/mol. The van der Waals surface area contributed by atoms with E-state index in [1.54, 1.807) is 0 Å². The molecule has 1 saturated heterocycles. The van der Waals surface area contributed by atoms with Crippen LogP contribution in [0.1, 0.15) is 34.1 Å². The Morgan fingerprint density at radius 1 is 1.15 bits per heavy atom. The van der Waals surface area contributed by atoms with Crippen LogP contribution in [0.3, 0.4) is 0 Å². The summed E-state index contributed by atoms with van der Waals surface area (Å²) >= 11 is 0. The number of nitrogens with zero attached hydrogens (tertiary/aromatic N) is 1. The van der Waals surface area contributed by atoms with E-state index in [2.05, 4.69) is 0 Å². The number of benzene rings is 1. The Morgan fingerprint density at radius 2 is 1.70 bits per heavy atom. The van der Waals surface area contributed by atoms with Gasteiger partial charge in [-0.2, -0.15) is 0 Å². The minimum absolute atomic E-state index is 0.147. The quantitative estimate of drug-likeness (QED) is 0.476. The lowest BCUT2D eigenvalue weighted by molar-refractivity contribution is 0.0774. The molecule has 0 radical (unpaired) electrons. The Kier molecular flexibility index (Phi) is 3.78. The van der Waals surface area contributed by atoms with Crippen LogP contribution in [0.5, 0.6) is 0 Å². The molecule has 7 heteroatoms. The van der Waals surface area contributed by atoms with Crippen molar-refractivity contribution >= 4 is 12.2 Å². The molecule has 0 spiro atoms. The van der Waals surface area contributed by atoms with Gasteiger partial charge >= 0.3 is 0 Å². The fourth-order valence-corrected chi connectivity index (χ4v) is 2.22. The van der Waals surface area contributed by atoms with Gasteiger partial charge in [0.05, 0.1) is 5.56 Å². The molecule has 1 atom stereocenters. The molecule has 1 aromatic carbocycles. The molecule has 0 bridgehead atoms. The highest BCUT2D eigenvalue weighted by Gasteiger charge is 2.33. The maximum Gasteiger partial charge on any atom is 0.260 e. The molecule has 108 valence electrons. The first-order valence-electron chi connectivity index (χ1n) is 5.98. The van der Waals surface area contributed by atoms with E-state index in [9.17, 15) is 27.2 Å². The zero-order valence-electron chi connectivity index (χ0n) is 10.6. The van der Waals surface area contributed by atoms with Gasteiger partial charge in [0.2, 0.25) is 0 Å². The van der Waals surface area contributed by atoms with Crippen LogP contribution < -0.4 is 0 Å². The third kappa shape index (κ3) is 2.17. The highest BCUT2D eigenvalue weighted by Crippen LogP contribution is 2.26. The number of hydrogen-bond acceptors (Lipinski definition) is 2. The first-order chi connectivity index (χ1) is 9.38. The third-order valence-corrected chi connectivity index (χ3v) is 3.34. The van der Waals surface area contributed by atoms with Gasteiger partial charge in [-0.3, -0.25) is 9.59 Å². The number of rotatable bonds is 2. The summed E-state index contributed by atoms with van der Waals surface area (Å²) in [5.74, 6) is -8.34. The Hall–Kier alpha value is -1.92. The molecule has 0 saturated carbocycles. The lowest BCUT2D eigenvalue weighted by atomic mass is 10.1. The van der Waals surface area contributed by atoms with Crippen molar-refractivity contribution in [2.45, 2.75) is 13.3 Å². The largest absolute Gasteiger partial charge is 0.338 e. The molecule has 1 heterocycles. The zero-order valence-corrected chi connectivity index (χ0v) is 10.6. The highest BCUT2D eigenvalue weighted by molar-refractivity contribution is 5.96. The monoisotopic (exact) mass is 289 g/mol. The van der Waals surface area contributed by atoms with Crippen molar-refractivity contribution in [3.05, 3.63) is 34.4 Å². The predicted molar refractivity (Wildman–Crippen MR) is 61.3 cm³/mol. The standard InChI is InChI=1S/C13H11F4NO2/c1-6-2-3-18(4-6)13(20)8-11(16)9(14)7(5-19)10(15)12(8)17/h5-6H,2-4H2,1H3. The number of hydrogen-bond donors (Lipinski definition) is 0. The minimum atomic E-state index is -1.85. The van der Waals surface area contributed by atoms with E-state index in [1.807, 2.05) is 6.92 Å². The molecular weight excluding hydrogens is 278 g/mol. The Labute approximate surface area is 112 Å². The van der Waals surface area contributed by atoms with E-state index in [-0.39, 0.29) is 25.3 Å². The second kappa shape index (κ2) is 5.22. The highest BCUT2D eigenvalue weighted by atomic mass is 19.2. The van der Waals surface area contributed by atoms with Crippen LogP contribution >= 0.6 is 0 Å². The molecule has 1 aliphatic rings. The average Bonchev–Trinajstić information content (AvgIpc) is 2.84. The van der Waals surface area contributed by atoms with Crippen molar-refractivity contribution in [1.82, 2.24) is 4.90 Å². The van der Waals surface area contributed by atoms with E-state index in [0.29, 0.717) is 6.42 Å². The van der Waals surface area contributed by atoms with Crippen LogP contribution in [0, 0.1) is 29.2 Å². The summed E-state index contributed by atoms with van der Waals surface area (Å²) < 4.78 is 54.3. The molecule has 0 N–H and O–H groups in total. The number of aldehydes is 1. The Bertz CT molecular complexity index is 559. The molecular formula is C13H11F4NO2. The predicted octanol–water partition coefficient (Wildman–Crippen LogP) is 2.54. The topological polar surface area (TPSA) is 37.4 Å². The number of halogens is 4. The van der Waals surface area contributed by atoms with Crippen LogP contribution in [-0.4, -0.2) is 30.2 Å². The molecule has 3 nitrogen and oxygen atoms in total. The van der Waals surface area contributed by atoms with Gasteiger partial charge in [0.1, 0.15) is 5.56 Å². The van der Waals surface area contributed by atoms with Crippen molar-refractivity contribution in [3.8, 4) is 0 Å². The van der Waals surface area contributed by atoms with Crippen LogP contribution in [0.25, 0.3) is 0 Å². The fourth-order valence-electron chi connectivity index (χ4n) is 2.22. The normalized spacial score (nSPS) is 18.4. The Morgan fingerprint density at radius 3 is 2.10 bits per heavy atom. The summed E-state index contributed by atoms with van der Waals surface area (Å²) in [6.45, 7) is 2.37. The maximum atomic E-state index is 13.7. The molecule has 1 aliphatic heterocycles. The first kappa shape index (κ1) is 14.5. The summed E-state index contributed by atoms with van der Waals surface area (Å²) in [4.78, 5) is 23.5. The lowest BCUT2D eigenvalue weighted by Gasteiger charge is -2.17. The summed E-state index contributed by atoms with van der Waals surface area (Å²) in [6.07, 6.45) is 0.315. The second-order valence-electron chi connectivity index (χ2n) is 4.81. The van der Waals surface area contributed by atoms with Crippen molar-refractivity contribution in [1.29, 1.82) is 0 Å². The number of amides is 1. The first-order valence-corrected chi connectivity index (χ1v) is 5.98. The van der Waals surface area contributed by atoms with Crippen molar-refractivity contribution in [2.75, 3.05) is 13.1 Å². The van der Waals surface area contributed by atoms with Crippen molar-refractivity contribution < 1.29 is 27.2 Å². The van der Waals surface area contributed by atoms with Crippen LogP contribution in [0.15, 0.2) is 0 Å². The zero-order chi connectivity index (χ0) is 15.0. The molecule has 2 rings (SSSR count). The van der Waals surface area contributed by atoms with Gasteiger partial charge in [-0.1, -0.05) is 6.92 Å². The molecule has 0 aromatic heterocycles. The molecule has 20 heavy (non-hydrogen) atoms. The van der Waals surface area contributed by atoms with E-state index < -0.39 is 40.3 Å². The van der Waals surface area contributed by atoms with E-state index in [4.69, 9.17) is 0 Å². The number of carbonyl (C=O) groups is 2. The van der Waals surface area contributed by atoms with E-state index in [0.717, 1.165) is 4.90 Å². The molecule has 1 unspecified atom stereocenters. The van der Waals surface area contributed by atoms with Gasteiger partial charge in [0.25, 0.3) is 5.91 Å².